The van der Waals surface area contributed by atoms with Crippen molar-refractivity contribution >= 4 is 0 Å². The van der Waals surface area contributed by atoms with E-state index in [0.29, 0.717) is 11.5 Å². The van der Waals surface area contributed by atoms with Crippen LogP contribution in [0.5, 0.6) is 0 Å². The van der Waals surface area contributed by atoms with Gasteiger partial charge in [0, 0.05) is 12.7 Å². The SMILES string of the molecule is CCNC(c1ccnn1CC)C1CCC(C(C)(C)C)CC1. The molecule has 1 fully saturated rings. The highest BCUT2D eigenvalue weighted by Gasteiger charge is 2.34. The largest absolute Gasteiger partial charge is 0.309 e. The Balaban J connectivity index is 2.07. The van der Waals surface area contributed by atoms with Crippen LogP contribution in [0, 0.1) is 17.3 Å². The predicted molar refractivity (Wildman–Crippen MR) is 89.2 cm³/mol. The fourth-order valence-electron chi connectivity index (χ4n) is 3.92. The summed E-state index contributed by atoms with van der Waals surface area (Å²) in [5.41, 5.74) is 1.84. The summed E-state index contributed by atoms with van der Waals surface area (Å²) in [5, 5.41) is 8.19. The summed E-state index contributed by atoms with van der Waals surface area (Å²) in [7, 11) is 0. The van der Waals surface area contributed by atoms with E-state index in [1.807, 2.05) is 6.20 Å². The summed E-state index contributed by atoms with van der Waals surface area (Å²) < 4.78 is 2.16. The average Bonchev–Trinajstić information content (AvgIpc) is 2.92. The molecular formula is C18H33N3. The molecule has 1 aromatic heterocycles. The maximum Gasteiger partial charge on any atom is 0.0556 e. The van der Waals surface area contributed by atoms with E-state index in [4.69, 9.17) is 0 Å². The minimum atomic E-state index is 0.462. The van der Waals surface area contributed by atoms with E-state index in [1.54, 1.807) is 0 Å². The smallest absolute Gasteiger partial charge is 0.0556 e. The maximum absolute atomic E-state index is 4.46. The maximum atomic E-state index is 4.46. The molecule has 1 unspecified atom stereocenters. The molecule has 1 aliphatic carbocycles. The van der Waals surface area contributed by atoms with Gasteiger partial charge in [0.15, 0.2) is 0 Å². The summed E-state index contributed by atoms with van der Waals surface area (Å²) in [6.45, 7) is 13.6. The number of nitrogens with one attached hydrogen (secondary N) is 1. The van der Waals surface area contributed by atoms with Crippen molar-refractivity contribution in [2.75, 3.05) is 6.54 Å². The Morgan fingerprint density at radius 2 is 1.90 bits per heavy atom. The third kappa shape index (κ3) is 3.88. The van der Waals surface area contributed by atoms with E-state index in [-0.39, 0.29) is 0 Å². The monoisotopic (exact) mass is 291 g/mol. The van der Waals surface area contributed by atoms with Crippen molar-refractivity contribution in [3.8, 4) is 0 Å². The molecule has 0 amide bonds. The zero-order valence-corrected chi connectivity index (χ0v) is 14.5. The zero-order chi connectivity index (χ0) is 15.5. The number of rotatable bonds is 5. The quantitative estimate of drug-likeness (QED) is 0.871. The molecule has 0 spiro atoms. The number of hydrogen-bond acceptors (Lipinski definition) is 2. The predicted octanol–water partition coefficient (Wildman–Crippen LogP) is 4.41. The lowest BCUT2D eigenvalue weighted by Crippen LogP contribution is -2.34. The first-order valence-electron chi connectivity index (χ1n) is 8.72. The fraction of sp³-hybridized carbons (Fsp3) is 0.833. The summed E-state index contributed by atoms with van der Waals surface area (Å²) in [4.78, 5) is 0. The lowest BCUT2D eigenvalue weighted by Gasteiger charge is -2.39. The highest BCUT2D eigenvalue weighted by molar-refractivity contribution is 5.09. The van der Waals surface area contributed by atoms with Crippen molar-refractivity contribution in [3.63, 3.8) is 0 Å². The minimum Gasteiger partial charge on any atom is -0.309 e. The van der Waals surface area contributed by atoms with Crippen molar-refractivity contribution in [3.05, 3.63) is 18.0 Å². The first kappa shape index (κ1) is 16.5. The third-order valence-corrected chi connectivity index (χ3v) is 5.26. The Labute approximate surface area is 130 Å². The molecule has 1 aliphatic rings. The van der Waals surface area contributed by atoms with Crippen molar-refractivity contribution in [1.82, 2.24) is 15.1 Å². The van der Waals surface area contributed by atoms with E-state index in [0.717, 1.165) is 24.9 Å². The molecule has 1 N–H and O–H groups in total. The van der Waals surface area contributed by atoms with Gasteiger partial charge in [-0.05, 0) is 62.5 Å². The highest BCUT2D eigenvalue weighted by Crippen LogP contribution is 2.43. The zero-order valence-electron chi connectivity index (χ0n) is 14.5. The number of aromatic nitrogens is 2. The highest BCUT2D eigenvalue weighted by atomic mass is 15.3. The summed E-state index contributed by atoms with van der Waals surface area (Å²) in [6, 6.07) is 2.67. The molecule has 1 saturated carbocycles. The molecule has 0 bridgehead atoms. The van der Waals surface area contributed by atoms with Crippen LogP contribution in [-0.2, 0) is 6.54 Å². The molecule has 3 nitrogen and oxygen atoms in total. The second-order valence-corrected chi connectivity index (χ2v) is 7.58. The van der Waals surface area contributed by atoms with Gasteiger partial charge >= 0.3 is 0 Å². The van der Waals surface area contributed by atoms with E-state index in [2.05, 4.69) is 55.8 Å². The Morgan fingerprint density at radius 3 is 2.43 bits per heavy atom. The number of aryl methyl sites for hydroxylation is 1. The molecule has 1 aromatic rings. The summed E-state index contributed by atoms with van der Waals surface area (Å²) in [5.74, 6) is 1.64. The van der Waals surface area contributed by atoms with Crippen molar-refractivity contribution < 1.29 is 0 Å². The Hall–Kier alpha value is -0.830. The molecule has 1 atom stereocenters. The molecule has 0 saturated heterocycles. The topological polar surface area (TPSA) is 29.9 Å². The second kappa shape index (κ2) is 6.95. The van der Waals surface area contributed by atoms with Gasteiger partial charge < -0.3 is 5.32 Å². The number of hydrogen-bond donors (Lipinski definition) is 1. The summed E-state index contributed by atoms with van der Waals surface area (Å²) >= 11 is 0. The van der Waals surface area contributed by atoms with E-state index in [1.165, 1.54) is 31.4 Å². The van der Waals surface area contributed by atoms with Crippen molar-refractivity contribution in [1.29, 1.82) is 0 Å². The van der Waals surface area contributed by atoms with Crippen LogP contribution in [0.15, 0.2) is 12.3 Å². The lowest BCUT2D eigenvalue weighted by atomic mass is 9.68. The van der Waals surface area contributed by atoms with Crippen molar-refractivity contribution in [2.45, 2.75) is 72.9 Å². The molecular weight excluding hydrogens is 258 g/mol. The van der Waals surface area contributed by atoms with Crippen LogP contribution in [-0.4, -0.2) is 16.3 Å². The van der Waals surface area contributed by atoms with Crippen LogP contribution in [0.4, 0.5) is 0 Å². The van der Waals surface area contributed by atoms with Gasteiger partial charge in [-0.1, -0.05) is 27.7 Å². The second-order valence-electron chi connectivity index (χ2n) is 7.58. The molecule has 3 heteroatoms. The van der Waals surface area contributed by atoms with Gasteiger partial charge in [-0.25, -0.2) is 0 Å². The van der Waals surface area contributed by atoms with Crippen LogP contribution >= 0.6 is 0 Å². The first-order chi connectivity index (χ1) is 9.97. The summed E-state index contributed by atoms with van der Waals surface area (Å²) in [6.07, 6.45) is 7.37. The van der Waals surface area contributed by atoms with Gasteiger partial charge in [0.25, 0.3) is 0 Å². The van der Waals surface area contributed by atoms with E-state index >= 15 is 0 Å². The lowest BCUT2D eigenvalue weighted by molar-refractivity contribution is 0.131. The third-order valence-electron chi connectivity index (χ3n) is 5.26. The average molecular weight is 291 g/mol. The number of nitrogens with zero attached hydrogens (tertiary/aromatic N) is 2. The van der Waals surface area contributed by atoms with Gasteiger partial charge in [0.05, 0.1) is 11.7 Å². The molecule has 0 radical (unpaired) electrons. The molecule has 120 valence electrons. The standard InChI is InChI=1S/C18H33N3/c1-6-19-17(16-12-13-20-21(16)7-2)14-8-10-15(11-9-14)18(3,4)5/h12-15,17,19H,6-11H2,1-5H3. The van der Waals surface area contributed by atoms with Crippen molar-refractivity contribution in [2.24, 2.45) is 17.3 Å². The first-order valence-corrected chi connectivity index (χ1v) is 8.72. The van der Waals surface area contributed by atoms with Crippen LogP contribution in [0.2, 0.25) is 0 Å². The molecule has 0 aromatic carbocycles. The van der Waals surface area contributed by atoms with Crippen LogP contribution < -0.4 is 5.32 Å². The van der Waals surface area contributed by atoms with Crippen LogP contribution in [0.3, 0.4) is 0 Å². The molecule has 0 aliphatic heterocycles. The van der Waals surface area contributed by atoms with E-state index in [9.17, 15) is 0 Å². The van der Waals surface area contributed by atoms with Gasteiger partial charge in [-0.15, -0.1) is 0 Å². The van der Waals surface area contributed by atoms with E-state index < -0.39 is 0 Å². The molecule has 2 rings (SSSR count). The van der Waals surface area contributed by atoms with Gasteiger partial charge in [-0.3, -0.25) is 4.68 Å². The molecule has 21 heavy (non-hydrogen) atoms. The molecule has 1 heterocycles. The Kier molecular flexibility index (Phi) is 5.48. The fourth-order valence-corrected chi connectivity index (χ4v) is 3.92. The van der Waals surface area contributed by atoms with Gasteiger partial charge in [0.2, 0.25) is 0 Å². The van der Waals surface area contributed by atoms with Gasteiger partial charge in [-0.2, -0.15) is 5.10 Å². The van der Waals surface area contributed by atoms with Crippen LogP contribution in [0.1, 0.15) is 72.0 Å². The van der Waals surface area contributed by atoms with Gasteiger partial charge in [0.1, 0.15) is 0 Å². The normalized spacial score (nSPS) is 25.0. The minimum absolute atomic E-state index is 0.462. The Morgan fingerprint density at radius 1 is 1.24 bits per heavy atom. The van der Waals surface area contributed by atoms with Crippen LogP contribution in [0.25, 0.3) is 0 Å². The Bertz CT molecular complexity index is 422.